The van der Waals surface area contributed by atoms with E-state index in [4.69, 9.17) is 19.8 Å². The van der Waals surface area contributed by atoms with E-state index in [0.29, 0.717) is 35.0 Å². The van der Waals surface area contributed by atoms with Crippen molar-refractivity contribution in [1.29, 1.82) is 0 Å². The number of hydrogen-bond donors (Lipinski definition) is 9. The van der Waals surface area contributed by atoms with Crippen LogP contribution < -0.4 is 37.1 Å². The van der Waals surface area contributed by atoms with E-state index in [2.05, 4.69) is 46.7 Å². The Labute approximate surface area is 429 Å². The molecular formula is C46H73BrN8O16S. The summed E-state index contributed by atoms with van der Waals surface area (Å²) in [5, 5.41) is 34.5. The molecule has 0 unspecified atom stereocenters. The van der Waals surface area contributed by atoms with E-state index < -0.39 is 143 Å². The van der Waals surface area contributed by atoms with Crippen LogP contribution in [0.25, 0.3) is 0 Å². The molecule has 406 valence electrons. The number of nitrogens with one attached hydrogen (secondary N) is 5. The highest BCUT2D eigenvalue weighted by Gasteiger charge is 2.47. The highest BCUT2D eigenvalue weighted by Crippen LogP contribution is 2.30. The monoisotopic (exact) mass is 1100 g/mol. The lowest BCUT2D eigenvalue weighted by Gasteiger charge is -2.44. The highest BCUT2D eigenvalue weighted by atomic mass is 79.9. The summed E-state index contributed by atoms with van der Waals surface area (Å²) in [5.41, 5.74) is 6.31. The van der Waals surface area contributed by atoms with E-state index in [9.17, 15) is 52.2 Å². The largest absolute Gasteiger partial charge is 0.496 e. The topological polar surface area (TPSA) is 352 Å². The van der Waals surface area contributed by atoms with Crippen LogP contribution in [0.15, 0.2) is 22.7 Å². The predicted molar refractivity (Wildman–Crippen MR) is 262 cm³/mol. The van der Waals surface area contributed by atoms with Gasteiger partial charge in [-0.05, 0) is 97.0 Å². The number of halogens is 1. The third kappa shape index (κ3) is 16.8. The molecule has 10 N–H and O–H groups in total. The van der Waals surface area contributed by atoms with Gasteiger partial charge in [-0.3, -0.25) is 38.1 Å². The number of rotatable bonds is 19. The van der Waals surface area contributed by atoms with Crippen LogP contribution in [0.4, 0.5) is 0 Å². The standard InChI is InChI=1S/C46H73BrN8O16S/c1-10-24(5)36-46(65)71-26(7)37(53-42(61)35(23(3)4)51-41(60)32(56)22-70-72(66,67)68)43(62)49-29(14-12-13-19-48)39(58)50-30-16-18-34(57)55(44(30)63)38(25(6)11-2)45(64)54(8)31(40(59)52-36)21-27-15-17-33(69-9)28(47)20-27/h15,17,20,23-26,29-32,34-38,56-57H,10-14,16,18-19,21-22,48H2,1-9H3,(H,49,62)(H,50,58)(H,51,60)(H,52,59)(H,53,61)(H,66,67,68)/t24-,25+,26-,29-,30-,31-,32+,34+,35+,36-,37-,38-/m0/s1. The summed E-state index contributed by atoms with van der Waals surface area (Å²) in [5.74, 6) is -9.24. The van der Waals surface area contributed by atoms with Crippen molar-refractivity contribution in [2.45, 2.75) is 161 Å². The van der Waals surface area contributed by atoms with Gasteiger partial charge in [0, 0.05) is 13.5 Å². The number of carbonyl (C=O) groups excluding carboxylic acids is 8. The van der Waals surface area contributed by atoms with Gasteiger partial charge in [0.15, 0.2) is 6.10 Å². The number of hydrogen-bond acceptors (Lipinski definition) is 16. The zero-order valence-electron chi connectivity index (χ0n) is 42.2. The first-order chi connectivity index (χ1) is 33.7. The maximum absolute atomic E-state index is 15.0. The summed E-state index contributed by atoms with van der Waals surface area (Å²) in [6, 6.07) is -5.27. The summed E-state index contributed by atoms with van der Waals surface area (Å²) in [6.07, 6.45) is -4.28. The zero-order valence-corrected chi connectivity index (χ0v) is 44.6. The number of benzene rings is 1. The lowest BCUT2D eigenvalue weighted by atomic mass is 9.91. The number of cyclic esters (lactones) is 1. The summed E-state index contributed by atoms with van der Waals surface area (Å²) in [6.45, 7) is 10.1. The quantitative estimate of drug-likeness (QED) is 0.0482. The molecule has 7 amide bonds. The molecule has 0 aliphatic carbocycles. The van der Waals surface area contributed by atoms with Gasteiger partial charge >= 0.3 is 16.4 Å². The van der Waals surface area contributed by atoms with Crippen LogP contribution in [-0.2, 0) is 64.1 Å². The first-order valence-electron chi connectivity index (χ1n) is 24.0. The molecule has 2 aliphatic rings. The van der Waals surface area contributed by atoms with E-state index in [1.165, 1.54) is 34.9 Å². The van der Waals surface area contributed by atoms with Crippen LogP contribution in [0, 0.1) is 17.8 Å². The van der Waals surface area contributed by atoms with E-state index >= 15 is 4.79 Å². The fraction of sp³-hybridized carbons (Fsp3) is 0.696. The molecule has 26 heteroatoms. The number of esters is 1. The van der Waals surface area contributed by atoms with Gasteiger partial charge in [-0.25, -0.2) is 8.98 Å². The molecule has 1 aromatic rings. The maximum Gasteiger partial charge on any atom is 0.397 e. The van der Waals surface area contributed by atoms with E-state index in [1.54, 1.807) is 45.9 Å². The number of amides is 7. The molecule has 12 atom stereocenters. The molecular weight excluding hydrogens is 1030 g/mol. The van der Waals surface area contributed by atoms with Crippen LogP contribution in [-0.4, -0.2) is 168 Å². The lowest BCUT2D eigenvalue weighted by molar-refractivity contribution is -0.168. The van der Waals surface area contributed by atoms with Gasteiger partial charge in [0.05, 0.1) is 11.6 Å². The second-order valence-electron chi connectivity index (χ2n) is 18.6. The predicted octanol–water partition coefficient (Wildman–Crippen LogP) is -0.437. The van der Waals surface area contributed by atoms with Crippen molar-refractivity contribution in [2.24, 2.45) is 23.5 Å². The molecule has 0 spiro atoms. The first kappa shape index (κ1) is 61.3. The maximum atomic E-state index is 15.0. The molecule has 24 nitrogen and oxygen atoms in total. The average molecular weight is 1110 g/mol. The van der Waals surface area contributed by atoms with Crippen LogP contribution in [0.5, 0.6) is 5.75 Å². The van der Waals surface area contributed by atoms with Crippen LogP contribution in [0.3, 0.4) is 0 Å². The van der Waals surface area contributed by atoms with Crippen molar-refractivity contribution in [3.05, 3.63) is 28.2 Å². The molecule has 72 heavy (non-hydrogen) atoms. The zero-order chi connectivity index (χ0) is 54.4. The van der Waals surface area contributed by atoms with Gasteiger partial charge in [0.25, 0.3) is 5.91 Å². The van der Waals surface area contributed by atoms with E-state index in [-0.39, 0.29) is 38.6 Å². The Bertz CT molecular complexity index is 2210. The van der Waals surface area contributed by atoms with Gasteiger partial charge in [0.2, 0.25) is 35.4 Å². The van der Waals surface area contributed by atoms with Gasteiger partial charge in [-0.1, -0.05) is 60.5 Å². The number of nitrogens with zero attached hydrogens (tertiary/aromatic N) is 2. The van der Waals surface area contributed by atoms with Crippen molar-refractivity contribution in [3.8, 4) is 5.75 Å². The minimum absolute atomic E-state index is 0.0435. The number of carbonyl (C=O) groups is 8. The molecule has 1 aromatic carbocycles. The third-order valence-corrected chi connectivity index (χ3v) is 14.1. The van der Waals surface area contributed by atoms with Gasteiger partial charge in [-0.15, -0.1) is 0 Å². The lowest BCUT2D eigenvalue weighted by Crippen LogP contribution is -2.66. The highest BCUT2D eigenvalue weighted by molar-refractivity contribution is 9.10. The van der Waals surface area contributed by atoms with Crippen molar-refractivity contribution in [3.63, 3.8) is 0 Å². The number of methoxy groups -OCH3 is 1. The number of unbranched alkanes of at least 4 members (excludes halogenated alkanes) is 1. The second-order valence-corrected chi connectivity index (χ2v) is 20.6. The molecule has 0 aromatic heterocycles. The number of fused-ring (bicyclic) bond motifs is 2. The number of ether oxygens (including phenoxy) is 2. The molecule has 2 aliphatic heterocycles. The van der Waals surface area contributed by atoms with Crippen LogP contribution in [0.1, 0.15) is 99.0 Å². The Morgan fingerprint density at radius 3 is 2.17 bits per heavy atom. The molecule has 0 radical (unpaired) electrons. The minimum Gasteiger partial charge on any atom is -0.496 e. The summed E-state index contributed by atoms with van der Waals surface area (Å²) in [7, 11) is -2.22. The summed E-state index contributed by atoms with van der Waals surface area (Å²) in [4.78, 5) is 117. The van der Waals surface area contributed by atoms with Crippen LogP contribution >= 0.6 is 15.9 Å². The molecule has 2 bridgehead atoms. The number of aliphatic hydroxyl groups excluding tert-OH is 2. The number of piperidine rings is 1. The van der Waals surface area contributed by atoms with Crippen molar-refractivity contribution >= 4 is 73.6 Å². The molecule has 0 saturated carbocycles. The molecule has 2 saturated heterocycles. The normalized spacial score (nSPS) is 25.9. The third-order valence-electron chi connectivity index (χ3n) is 13.0. The number of likely N-dealkylation sites (N-methyl/N-ethyl adjacent to an activating group) is 1. The van der Waals surface area contributed by atoms with Gasteiger partial charge in [0.1, 0.15) is 67.0 Å². The Hall–Kier alpha value is -4.99. The van der Waals surface area contributed by atoms with Crippen molar-refractivity contribution in [2.75, 3.05) is 27.3 Å². The van der Waals surface area contributed by atoms with Crippen LogP contribution in [0.2, 0.25) is 0 Å². The Morgan fingerprint density at radius 1 is 0.944 bits per heavy atom. The second kappa shape index (κ2) is 27.9. The Kier molecular flexibility index (Phi) is 23.8. The molecule has 3 rings (SSSR count). The fourth-order valence-electron chi connectivity index (χ4n) is 8.24. The molecule has 2 heterocycles. The minimum atomic E-state index is -5.06. The van der Waals surface area contributed by atoms with Crippen molar-refractivity contribution < 1.29 is 75.2 Å². The Balaban J connectivity index is 2.26. The van der Waals surface area contributed by atoms with E-state index in [1.807, 2.05) is 0 Å². The summed E-state index contributed by atoms with van der Waals surface area (Å²) >= 11 is 3.46. The average Bonchev–Trinajstić information content (AvgIpc) is 3.32. The fourth-order valence-corrected chi connectivity index (χ4v) is 9.13. The first-order valence-corrected chi connectivity index (χ1v) is 26.2. The van der Waals surface area contributed by atoms with Gasteiger partial charge < -0.3 is 61.8 Å². The molecule has 2 fully saturated rings. The van der Waals surface area contributed by atoms with Crippen molar-refractivity contribution in [1.82, 2.24) is 36.4 Å². The van der Waals surface area contributed by atoms with Gasteiger partial charge in [-0.2, -0.15) is 8.42 Å². The SMILES string of the molecule is CC[C@@H](C)[C@H]1C(=O)N(C)[C@@H](Cc2ccc(OC)c(Br)c2)C(=O)N[C@@H]([C@@H](C)CC)C(=O)O[C@@H](C)[C@H](NC(=O)[C@H](NC(=O)[C@H](O)COS(=O)(=O)O)C(C)C)C(=O)N[C@@H](CCCCN)C(=O)N[C@H]2CC[C@@H](O)N1C2=O. The Morgan fingerprint density at radius 2 is 1.60 bits per heavy atom. The number of aliphatic hydroxyl groups is 2. The summed E-state index contributed by atoms with van der Waals surface area (Å²) < 4.78 is 47.0. The smallest absolute Gasteiger partial charge is 0.397 e. The number of nitrogens with two attached hydrogens (primary N) is 1. The van der Waals surface area contributed by atoms with E-state index in [0.717, 1.165) is 9.80 Å².